The molecule has 1 aliphatic carbocycles. The molecule has 1 aliphatic rings. The second-order valence-electron chi connectivity index (χ2n) is 7.00. The van der Waals surface area contributed by atoms with Gasteiger partial charge in [0.1, 0.15) is 22.7 Å². The number of ketones is 2. The van der Waals surface area contributed by atoms with Gasteiger partial charge in [0.05, 0.1) is 12.1 Å². The summed E-state index contributed by atoms with van der Waals surface area (Å²) >= 11 is 0. The van der Waals surface area contributed by atoms with E-state index < -0.39 is 0 Å². The molecule has 0 radical (unpaired) electrons. The summed E-state index contributed by atoms with van der Waals surface area (Å²) in [6, 6.07) is 21.3. The van der Waals surface area contributed by atoms with Crippen LogP contribution in [0.2, 0.25) is 0 Å². The van der Waals surface area contributed by atoms with Crippen molar-refractivity contribution in [3.05, 3.63) is 89.6 Å². The molecule has 3 aromatic carbocycles. The third-order valence-corrected chi connectivity index (χ3v) is 5.09. The minimum atomic E-state index is -0.292. The number of hydrogen-bond donors (Lipinski definition) is 1. The van der Waals surface area contributed by atoms with Crippen LogP contribution >= 0.6 is 0 Å². The van der Waals surface area contributed by atoms with Crippen LogP contribution < -0.4 is 10.1 Å². The van der Waals surface area contributed by atoms with Gasteiger partial charge in [0.15, 0.2) is 0 Å². The van der Waals surface area contributed by atoms with E-state index in [-0.39, 0.29) is 23.0 Å². The monoisotopic (exact) mass is 410 g/mol. The molecule has 1 aromatic heterocycles. The molecule has 1 N–H and O–H groups in total. The second-order valence-corrected chi connectivity index (χ2v) is 7.00. The number of Topliss-reactive ketones (excluding diaryl/α,β-unsaturated/α-hetero) is 2. The van der Waals surface area contributed by atoms with Crippen molar-refractivity contribution < 1.29 is 14.3 Å². The van der Waals surface area contributed by atoms with E-state index in [2.05, 4.69) is 15.6 Å². The molecule has 7 heteroatoms. The second kappa shape index (κ2) is 7.53. The van der Waals surface area contributed by atoms with Gasteiger partial charge >= 0.3 is 0 Å². The lowest BCUT2D eigenvalue weighted by Gasteiger charge is -2.22. The normalized spacial score (nSPS) is 13.5. The molecule has 0 amide bonds. The Bertz CT molecular complexity index is 1350. The van der Waals surface area contributed by atoms with Crippen LogP contribution in [0.3, 0.4) is 0 Å². The highest BCUT2D eigenvalue weighted by Crippen LogP contribution is 2.31. The highest BCUT2D eigenvalue weighted by Gasteiger charge is 2.34. The van der Waals surface area contributed by atoms with Crippen LogP contribution in [0.4, 0.5) is 5.69 Å². The SMILES string of the molecule is CCOc1ccc(NC2=C(n3nnc4ccccc43)C(=O)c3ccccc3C2=O)cc1. The van der Waals surface area contributed by atoms with Crippen LogP contribution in [0, 0.1) is 0 Å². The van der Waals surface area contributed by atoms with Gasteiger partial charge in [-0.3, -0.25) is 9.59 Å². The Hall–Kier alpha value is -4.26. The molecule has 7 nitrogen and oxygen atoms in total. The summed E-state index contributed by atoms with van der Waals surface area (Å²) in [5.41, 5.74) is 2.93. The number of allylic oxidation sites excluding steroid dienone is 2. The van der Waals surface area contributed by atoms with Crippen LogP contribution in [-0.2, 0) is 0 Å². The van der Waals surface area contributed by atoms with E-state index >= 15 is 0 Å². The Kier molecular flexibility index (Phi) is 4.55. The number of fused-ring (bicyclic) bond motifs is 2. The molecule has 4 aromatic rings. The average molecular weight is 410 g/mol. The largest absolute Gasteiger partial charge is 0.494 e. The maximum absolute atomic E-state index is 13.5. The van der Waals surface area contributed by atoms with Crippen molar-refractivity contribution in [3.63, 3.8) is 0 Å². The topological polar surface area (TPSA) is 86.1 Å². The van der Waals surface area contributed by atoms with E-state index in [1.807, 2.05) is 31.2 Å². The van der Waals surface area contributed by atoms with E-state index in [4.69, 9.17) is 4.74 Å². The number of nitrogens with zero attached hydrogens (tertiary/aromatic N) is 3. The molecule has 31 heavy (non-hydrogen) atoms. The van der Waals surface area contributed by atoms with Crippen LogP contribution in [-0.4, -0.2) is 33.2 Å². The Labute approximate surface area is 178 Å². The van der Waals surface area contributed by atoms with Gasteiger partial charge in [-0.1, -0.05) is 41.6 Å². The molecule has 0 fully saturated rings. The van der Waals surface area contributed by atoms with Crippen molar-refractivity contribution in [1.82, 2.24) is 15.0 Å². The molecule has 0 saturated carbocycles. The van der Waals surface area contributed by atoms with Gasteiger partial charge in [-0.2, -0.15) is 0 Å². The molecular formula is C24H18N4O3. The maximum atomic E-state index is 13.5. The summed E-state index contributed by atoms with van der Waals surface area (Å²) in [6.45, 7) is 2.47. The number of aromatic nitrogens is 3. The summed E-state index contributed by atoms with van der Waals surface area (Å²) < 4.78 is 6.91. The van der Waals surface area contributed by atoms with Crippen LogP contribution in [0.15, 0.2) is 78.5 Å². The molecule has 0 saturated heterocycles. The molecule has 0 bridgehead atoms. The lowest BCUT2D eigenvalue weighted by atomic mass is 9.90. The Morgan fingerprint density at radius 3 is 2.29 bits per heavy atom. The number of ether oxygens (including phenoxy) is 1. The zero-order valence-electron chi connectivity index (χ0n) is 16.7. The lowest BCUT2D eigenvalue weighted by Crippen LogP contribution is -2.28. The highest BCUT2D eigenvalue weighted by molar-refractivity contribution is 6.38. The minimum Gasteiger partial charge on any atom is -0.494 e. The zero-order valence-corrected chi connectivity index (χ0v) is 16.7. The fraction of sp³-hybridized carbons (Fsp3) is 0.0833. The number of hydrogen-bond acceptors (Lipinski definition) is 6. The molecule has 152 valence electrons. The van der Waals surface area contributed by atoms with Crippen molar-refractivity contribution in [3.8, 4) is 5.75 Å². The maximum Gasteiger partial charge on any atom is 0.214 e. The van der Waals surface area contributed by atoms with Gasteiger partial charge in [-0.15, -0.1) is 5.10 Å². The minimum absolute atomic E-state index is 0.145. The Balaban J connectivity index is 1.68. The third kappa shape index (κ3) is 3.16. The quantitative estimate of drug-likeness (QED) is 0.531. The van der Waals surface area contributed by atoms with Crippen molar-refractivity contribution in [1.29, 1.82) is 0 Å². The van der Waals surface area contributed by atoms with E-state index in [0.717, 1.165) is 5.75 Å². The first kappa shape index (κ1) is 18.7. The van der Waals surface area contributed by atoms with E-state index in [9.17, 15) is 9.59 Å². The predicted molar refractivity (Wildman–Crippen MR) is 117 cm³/mol. The van der Waals surface area contributed by atoms with Crippen molar-refractivity contribution in [2.24, 2.45) is 0 Å². The molecule has 1 heterocycles. The number of rotatable bonds is 5. The summed E-state index contributed by atoms with van der Waals surface area (Å²) in [7, 11) is 0. The van der Waals surface area contributed by atoms with E-state index in [1.54, 1.807) is 48.5 Å². The van der Waals surface area contributed by atoms with Crippen LogP contribution in [0.1, 0.15) is 27.6 Å². The summed E-state index contributed by atoms with van der Waals surface area (Å²) in [4.78, 5) is 26.9. The van der Waals surface area contributed by atoms with Crippen molar-refractivity contribution >= 4 is 34.0 Å². The molecule has 0 aliphatic heterocycles. The Morgan fingerprint density at radius 2 is 1.55 bits per heavy atom. The standard InChI is InChI=1S/C24H18N4O3/c1-2-31-16-13-11-15(12-14-16)25-21-22(28-20-10-6-5-9-19(20)26-27-28)24(30)18-8-4-3-7-17(18)23(21)29/h3-14,25H,2H2,1H3. The Morgan fingerprint density at radius 1 is 0.871 bits per heavy atom. The molecule has 0 unspecified atom stereocenters. The van der Waals surface area contributed by atoms with Gasteiger partial charge in [0.2, 0.25) is 11.6 Å². The summed E-state index contributed by atoms with van der Waals surface area (Å²) in [5.74, 6) is 0.152. The summed E-state index contributed by atoms with van der Waals surface area (Å²) in [6.07, 6.45) is 0. The van der Waals surface area contributed by atoms with E-state index in [1.165, 1.54) is 4.68 Å². The third-order valence-electron chi connectivity index (χ3n) is 5.09. The molecule has 0 atom stereocenters. The van der Waals surface area contributed by atoms with Gasteiger partial charge in [-0.25, -0.2) is 4.68 Å². The van der Waals surface area contributed by atoms with E-state index in [0.29, 0.717) is 34.5 Å². The van der Waals surface area contributed by atoms with Gasteiger partial charge in [0, 0.05) is 16.8 Å². The van der Waals surface area contributed by atoms with Gasteiger partial charge < -0.3 is 10.1 Å². The number of benzene rings is 3. The first-order valence-electron chi connectivity index (χ1n) is 9.91. The van der Waals surface area contributed by atoms with Gasteiger partial charge in [-0.05, 0) is 43.3 Å². The smallest absolute Gasteiger partial charge is 0.214 e. The van der Waals surface area contributed by atoms with Crippen LogP contribution in [0.25, 0.3) is 16.7 Å². The van der Waals surface area contributed by atoms with Crippen molar-refractivity contribution in [2.75, 3.05) is 11.9 Å². The van der Waals surface area contributed by atoms with Crippen LogP contribution in [0.5, 0.6) is 5.75 Å². The highest BCUT2D eigenvalue weighted by atomic mass is 16.5. The predicted octanol–water partition coefficient (Wildman–Crippen LogP) is 4.19. The molecule has 0 spiro atoms. The number of nitrogens with one attached hydrogen (secondary N) is 1. The summed E-state index contributed by atoms with van der Waals surface area (Å²) in [5, 5.41) is 11.5. The zero-order chi connectivity index (χ0) is 21.4. The average Bonchev–Trinajstić information content (AvgIpc) is 3.23. The first-order valence-corrected chi connectivity index (χ1v) is 9.91. The first-order chi connectivity index (χ1) is 15.2. The fourth-order valence-electron chi connectivity index (χ4n) is 3.66. The number of carbonyl (C=O) groups excluding carboxylic acids is 2. The number of anilines is 1. The molecule has 5 rings (SSSR count). The van der Waals surface area contributed by atoms with Crippen molar-refractivity contribution in [2.45, 2.75) is 6.92 Å². The lowest BCUT2D eigenvalue weighted by molar-refractivity contribution is 0.0988. The molecular weight excluding hydrogens is 392 g/mol. The number of para-hydroxylation sites is 1. The van der Waals surface area contributed by atoms with Gasteiger partial charge in [0.25, 0.3) is 0 Å². The fourth-order valence-corrected chi connectivity index (χ4v) is 3.66. The number of carbonyl (C=O) groups is 2.